The van der Waals surface area contributed by atoms with E-state index in [-0.39, 0.29) is 6.04 Å². The molecular formula is C26H27N5OS. The Labute approximate surface area is 197 Å². The summed E-state index contributed by atoms with van der Waals surface area (Å²) in [5.74, 6) is 7.40. The molecule has 2 unspecified atom stereocenters. The number of benzene rings is 1. The van der Waals surface area contributed by atoms with Crippen molar-refractivity contribution < 1.29 is 5.11 Å². The van der Waals surface area contributed by atoms with E-state index in [9.17, 15) is 5.11 Å². The van der Waals surface area contributed by atoms with Crippen LogP contribution in [0.4, 0.5) is 5.82 Å². The van der Waals surface area contributed by atoms with E-state index in [0.717, 1.165) is 33.6 Å². The summed E-state index contributed by atoms with van der Waals surface area (Å²) < 4.78 is 0.917. The summed E-state index contributed by atoms with van der Waals surface area (Å²) in [6.07, 6.45) is 4.76. The number of hydrogen-bond donors (Lipinski definition) is 3. The molecule has 0 spiro atoms. The number of nitrogens with one attached hydrogen (secondary N) is 1. The van der Waals surface area contributed by atoms with Crippen molar-refractivity contribution in [3.05, 3.63) is 71.4 Å². The van der Waals surface area contributed by atoms with Gasteiger partial charge in [0.1, 0.15) is 16.9 Å². The lowest BCUT2D eigenvalue weighted by Gasteiger charge is -2.14. The van der Waals surface area contributed by atoms with E-state index >= 15 is 0 Å². The Morgan fingerprint density at radius 1 is 1.15 bits per heavy atom. The summed E-state index contributed by atoms with van der Waals surface area (Å²) in [6.45, 7) is 4.19. The molecule has 0 bridgehead atoms. The van der Waals surface area contributed by atoms with Gasteiger partial charge in [0.15, 0.2) is 5.82 Å². The van der Waals surface area contributed by atoms with Gasteiger partial charge in [0.25, 0.3) is 0 Å². The molecule has 0 amide bonds. The molecule has 3 heterocycles. The van der Waals surface area contributed by atoms with Crippen LogP contribution in [0.2, 0.25) is 0 Å². The minimum absolute atomic E-state index is 0.0688. The molecule has 6 nitrogen and oxygen atoms in total. The Kier molecular flexibility index (Phi) is 6.99. The molecule has 33 heavy (non-hydrogen) atoms. The van der Waals surface area contributed by atoms with Gasteiger partial charge in [-0.05, 0) is 37.5 Å². The summed E-state index contributed by atoms with van der Waals surface area (Å²) in [6, 6.07) is 13.9. The number of rotatable bonds is 7. The average Bonchev–Trinajstić information content (AvgIpc) is 3.25. The van der Waals surface area contributed by atoms with Crippen molar-refractivity contribution in [3.63, 3.8) is 0 Å². The van der Waals surface area contributed by atoms with Gasteiger partial charge in [-0.2, -0.15) is 0 Å². The SMILES string of the molecule is CCC(C)(O)C#Cc1csc2c(NCC(N)Cc3ccccc3)nc(-c3ccncc3)nc12. The van der Waals surface area contributed by atoms with Gasteiger partial charge in [-0.3, -0.25) is 4.98 Å². The number of hydrogen-bond acceptors (Lipinski definition) is 7. The Hall–Kier alpha value is -3.31. The fourth-order valence-electron chi connectivity index (χ4n) is 3.26. The first kappa shape index (κ1) is 22.9. The first-order valence-corrected chi connectivity index (χ1v) is 11.8. The van der Waals surface area contributed by atoms with E-state index < -0.39 is 5.60 Å². The van der Waals surface area contributed by atoms with E-state index in [1.165, 1.54) is 16.9 Å². The number of aromatic nitrogens is 3. The molecule has 0 saturated carbocycles. The topological polar surface area (TPSA) is 97.0 Å². The Morgan fingerprint density at radius 2 is 1.91 bits per heavy atom. The molecule has 0 aliphatic rings. The van der Waals surface area contributed by atoms with Crippen LogP contribution in [0.3, 0.4) is 0 Å². The summed E-state index contributed by atoms with van der Waals surface area (Å²) in [7, 11) is 0. The Balaban J connectivity index is 1.67. The third kappa shape index (κ3) is 5.74. The standard InChI is InChI=1S/C26H27N5OS/c1-3-26(2,32)12-9-20-17-33-23-22(20)30-24(19-10-13-28-14-11-19)31-25(23)29-16-21(27)15-18-7-5-4-6-8-18/h4-8,10-11,13-14,17,21,32H,3,15-16,27H2,1-2H3,(H,29,30,31). The number of thiophene rings is 1. The normalized spacial score (nSPS) is 13.7. The van der Waals surface area contributed by atoms with Gasteiger partial charge >= 0.3 is 0 Å². The number of fused-ring (bicyclic) bond motifs is 1. The summed E-state index contributed by atoms with van der Waals surface area (Å²) >= 11 is 1.53. The maximum absolute atomic E-state index is 10.3. The molecule has 4 rings (SSSR count). The van der Waals surface area contributed by atoms with Crippen LogP contribution in [0.1, 0.15) is 31.4 Å². The molecule has 0 radical (unpaired) electrons. The van der Waals surface area contributed by atoms with Crippen molar-refractivity contribution in [1.29, 1.82) is 0 Å². The molecule has 2 atom stereocenters. The zero-order chi connectivity index (χ0) is 23.3. The van der Waals surface area contributed by atoms with Crippen LogP contribution in [0.15, 0.2) is 60.2 Å². The molecule has 3 aromatic heterocycles. The third-order valence-corrected chi connectivity index (χ3v) is 6.36. The van der Waals surface area contributed by atoms with Crippen molar-refractivity contribution in [2.45, 2.75) is 38.3 Å². The van der Waals surface area contributed by atoms with Crippen molar-refractivity contribution in [3.8, 4) is 23.2 Å². The van der Waals surface area contributed by atoms with Gasteiger partial charge in [-0.15, -0.1) is 11.3 Å². The Bertz CT molecular complexity index is 1280. The zero-order valence-corrected chi connectivity index (χ0v) is 19.6. The van der Waals surface area contributed by atoms with Crippen molar-refractivity contribution >= 4 is 27.4 Å². The molecule has 0 fully saturated rings. The highest BCUT2D eigenvalue weighted by Crippen LogP contribution is 2.32. The van der Waals surface area contributed by atoms with Crippen LogP contribution in [-0.4, -0.2) is 38.2 Å². The quantitative estimate of drug-likeness (QED) is 0.359. The molecule has 168 valence electrons. The van der Waals surface area contributed by atoms with Gasteiger partial charge in [-0.1, -0.05) is 49.1 Å². The minimum Gasteiger partial charge on any atom is -0.378 e. The van der Waals surface area contributed by atoms with Crippen molar-refractivity contribution in [2.24, 2.45) is 5.73 Å². The van der Waals surface area contributed by atoms with Gasteiger partial charge in [-0.25, -0.2) is 9.97 Å². The van der Waals surface area contributed by atoms with Crippen LogP contribution in [0.5, 0.6) is 0 Å². The maximum atomic E-state index is 10.3. The highest BCUT2D eigenvalue weighted by molar-refractivity contribution is 7.18. The van der Waals surface area contributed by atoms with Crippen molar-refractivity contribution in [2.75, 3.05) is 11.9 Å². The number of anilines is 1. The molecule has 4 N–H and O–H groups in total. The average molecular weight is 458 g/mol. The highest BCUT2D eigenvalue weighted by Gasteiger charge is 2.17. The van der Waals surface area contributed by atoms with Crippen LogP contribution >= 0.6 is 11.3 Å². The van der Waals surface area contributed by atoms with E-state index in [4.69, 9.17) is 15.7 Å². The first-order valence-electron chi connectivity index (χ1n) is 10.9. The monoisotopic (exact) mass is 457 g/mol. The molecule has 4 aromatic rings. The second kappa shape index (κ2) is 10.1. The molecular weight excluding hydrogens is 430 g/mol. The van der Waals surface area contributed by atoms with Crippen LogP contribution < -0.4 is 11.1 Å². The van der Waals surface area contributed by atoms with Crippen LogP contribution in [0.25, 0.3) is 21.6 Å². The van der Waals surface area contributed by atoms with E-state index in [2.05, 4.69) is 34.3 Å². The van der Waals surface area contributed by atoms with Crippen LogP contribution in [0, 0.1) is 11.8 Å². The van der Waals surface area contributed by atoms with Gasteiger partial charge in [0.05, 0.1) is 10.3 Å². The lowest BCUT2D eigenvalue weighted by atomic mass is 10.0. The molecule has 7 heteroatoms. The predicted molar refractivity (Wildman–Crippen MR) is 135 cm³/mol. The number of nitrogens with zero attached hydrogens (tertiary/aromatic N) is 3. The first-order chi connectivity index (χ1) is 15.9. The predicted octanol–water partition coefficient (Wildman–Crippen LogP) is 4.25. The van der Waals surface area contributed by atoms with E-state index in [1.54, 1.807) is 19.3 Å². The largest absolute Gasteiger partial charge is 0.378 e. The minimum atomic E-state index is -1.04. The number of aliphatic hydroxyl groups is 1. The van der Waals surface area contributed by atoms with Gasteiger partial charge in [0, 0.05) is 35.9 Å². The Morgan fingerprint density at radius 3 is 2.64 bits per heavy atom. The molecule has 0 aliphatic heterocycles. The number of nitrogens with two attached hydrogens (primary N) is 1. The van der Waals surface area contributed by atoms with Gasteiger partial charge < -0.3 is 16.2 Å². The van der Waals surface area contributed by atoms with E-state index in [1.807, 2.05) is 42.6 Å². The molecule has 1 aromatic carbocycles. The number of pyridine rings is 1. The summed E-state index contributed by atoms with van der Waals surface area (Å²) in [5, 5.41) is 15.7. The fourth-order valence-corrected chi connectivity index (χ4v) is 4.17. The zero-order valence-electron chi connectivity index (χ0n) is 18.7. The molecule has 0 aliphatic carbocycles. The van der Waals surface area contributed by atoms with Crippen molar-refractivity contribution in [1.82, 2.24) is 15.0 Å². The second-order valence-electron chi connectivity index (χ2n) is 8.17. The lowest BCUT2D eigenvalue weighted by molar-refractivity contribution is 0.118. The van der Waals surface area contributed by atoms with Gasteiger partial charge in [0.2, 0.25) is 0 Å². The fraction of sp³-hybridized carbons (Fsp3) is 0.269. The smallest absolute Gasteiger partial charge is 0.162 e. The lowest BCUT2D eigenvalue weighted by Crippen LogP contribution is -2.31. The third-order valence-electron chi connectivity index (χ3n) is 5.38. The summed E-state index contributed by atoms with van der Waals surface area (Å²) in [4.78, 5) is 13.7. The van der Waals surface area contributed by atoms with Crippen LogP contribution in [-0.2, 0) is 6.42 Å². The van der Waals surface area contributed by atoms with E-state index in [0.29, 0.717) is 18.8 Å². The second-order valence-corrected chi connectivity index (χ2v) is 9.05. The highest BCUT2D eigenvalue weighted by atomic mass is 32.1. The molecule has 0 saturated heterocycles. The summed E-state index contributed by atoms with van der Waals surface area (Å²) in [5.41, 5.74) is 8.97. The maximum Gasteiger partial charge on any atom is 0.162 e.